The van der Waals surface area contributed by atoms with Crippen molar-refractivity contribution in [2.45, 2.75) is 32.4 Å². The first-order valence-electron chi connectivity index (χ1n) is 4.45. The summed E-state index contributed by atoms with van der Waals surface area (Å²) in [5, 5.41) is 0. The molecule has 0 bridgehead atoms. The first kappa shape index (κ1) is 14.1. The number of hydrogen-bond donors (Lipinski definition) is 2. The zero-order chi connectivity index (χ0) is 10.1. The lowest BCUT2D eigenvalue weighted by Crippen LogP contribution is -2.43. The molecule has 0 aromatic carbocycles. The molecular weight excluding hydrogens is 226 g/mol. The highest BCUT2D eigenvalue weighted by molar-refractivity contribution is 7.87. The highest BCUT2D eigenvalue weighted by Gasteiger charge is 2.29. The molecule has 1 saturated heterocycles. The summed E-state index contributed by atoms with van der Waals surface area (Å²) in [4.78, 5) is 0. The van der Waals surface area contributed by atoms with Crippen molar-refractivity contribution in [3.05, 3.63) is 0 Å². The van der Waals surface area contributed by atoms with Gasteiger partial charge in [0.15, 0.2) is 0 Å². The highest BCUT2D eigenvalue weighted by atomic mass is 35.5. The first-order chi connectivity index (χ1) is 5.92. The van der Waals surface area contributed by atoms with Crippen LogP contribution in [0.1, 0.15) is 20.3 Å². The third-order valence-electron chi connectivity index (χ3n) is 1.91. The molecular formula is C7H18ClN3O2S. The number of halogens is 1. The van der Waals surface area contributed by atoms with E-state index < -0.39 is 10.2 Å². The second-order valence-corrected chi connectivity index (χ2v) is 5.39. The smallest absolute Gasteiger partial charge is 0.279 e. The predicted octanol–water partition coefficient (Wildman–Crippen LogP) is -0.316. The van der Waals surface area contributed by atoms with Gasteiger partial charge in [-0.15, -0.1) is 12.4 Å². The molecule has 0 spiro atoms. The fourth-order valence-electron chi connectivity index (χ4n) is 1.34. The lowest BCUT2D eigenvalue weighted by molar-refractivity contribution is 0.454. The van der Waals surface area contributed by atoms with Crippen molar-refractivity contribution < 1.29 is 8.42 Å². The van der Waals surface area contributed by atoms with Gasteiger partial charge < -0.3 is 5.73 Å². The summed E-state index contributed by atoms with van der Waals surface area (Å²) in [6.45, 7) is 4.56. The number of hydrogen-bond acceptors (Lipinski definition) is 3. The van der Waals surface area contributed by atoms with Crippen LogP contribution >= 0.6 is 12.4 Å². The topological polar surface area (TPSA) is 75.4 Å². The number of nitrogens with zero attached hydrogens (tertiary/aromatic N) is 1. The zero-order valence-electron chi connectivity index (χ0n) is 8.43. The lowest BCUT2D eigenvalue weighted by Gasteiger charge is -2.18. The van der Waals surface area contributed by atoms with Gasteiger partial charge in [0.05, 0.1) is 0 Å². The monoisotopic (exact) mass is 243 g/mol. The third-order valence-corrected chi connectivity index (χ3v) is 3.69. The number of rotatable bonds is 3. The van der Waals surface area contributed by atoms with Crippen LogP contribution < -0.4 is 10.5 Å². The SMILES string of the molecule is CC(C)NS(=O)(=O)N1CC[C@@H](N)C1.Cl. The third kappa shape index (κ3) is 3.70. The van der Waals surface area contributed by atoms with E-state index in [9.17, 15) is 8.42 Å². The molecule has 5 nitrogen and oxygen atoms in total. The van der Waals surface area contributed by atoms with Crippen LogP contribution in [0.2, 0.25) is 0 Å². The fraction of sp³-hybridized carbons (Fsp3) is 1.00. The fourth-order valence-corrected chi connectivity index (χ4v) is 2.82. The van der Waals surface area contributed by atoms with Crippen LogP contribution in [-0.4, -0.2) is 37.9 Å². The molecule has 0 unspecified atom stereocenters. The molecule has 14 heavy (non-hydrogen) atoms. The summed E-state index contributed by atoms with van der Waals surface area (Å²) in [5.41, 5.74) is 5.62. The molecule has 3 N–H and O–H groups in total. The summed E-state index contributed by atoms with van der Waals surface area (Å²) in [6.07, 6.45) is 0.749. The summed E-state index contributed by atoms with van der Waals surface area (Å²) in [7, 11) is -3.29. The van der Waals surface area contributed by atoms with Crippen molar-refractivity contribution in [1.82, 2.24) is 9.03 Å². The Morgan fingerprint density at radius 3 is 2.43 bits per heavy atom. The summed E-state index contributed by atoms with van der Waals surface area (Å²) < 4.78 is 27.0. The van der Waals surface area contributed by atoms with E-state index >= 15 is 0 Å². The van der Waals surface area contributed by atoms with E-state index in [4.69, 9.17) is 5.73 Å². The minimum absolute atomic E-state index is 0. The van der Waals surface area contributed by atoms with Crippen molar-refractivity contribution in [3.8, 4) is 0 Å². The standard InChI is InChI=1S/C7H17N3O2S.ClH/c1-6(2)9-13(11,12)10-4-3-7(8)5-10;/h6-7,9H,3-5,8H2,1-2H3;1H/t7-;/m1./s1. The van der Waals surface area contributed by atoms with Crippen LogP contribution in [0.25, 0.3) is 0 Å². The molecule has 1 heterocycles. The first-order valence-corrected chi connectivity index (χ1v) is 5.89. The molecule has 0 amide bonds. The summed E-state index contributed by atoms with van der Waals surface area (Å²) in [6, 6.07) is -0.0782. The molecule has 0 aromatic rings. The van der Waals surface area contributed by atoms with Crippen molar-refractivity contribution in [3.63, 3.8) is 0 Å². The van der Waals surface area contributed by atoms with E-state index in [1.807, 2.05) is 0 Å². The van der Waals surface area contributed by atoms with Crippen molar-refractivity contribution in [2.24, 2.45) is 5.73 Å². The van der Waals surface area contributed by atoms with E-state index in [1.165, 1.54) is 4.31 Å². The quantitative estimate of drug-likeness (QED) is 0.714. The van der Waals surface area contributed by atoms with Gasteiger partial charge in [-0.1, -0.05) is 0 Å². The minimum Gasteiger partial charge on any atom is -0.326 e. The van der Waals surface area contributed by atoms with Crippen LogP contribution in [0, 0.1) is 0 Å². The van der Waals surface area contributed by atoms with Crippen LogP contribution in [-0.2, 0) is 10.2 Å². The Morgan fingerprint density at radius 2 is 2.07 bits per heavy atom. The normalized spacial score (nSPS) is 23.9. The maximum Gasteiger partial charge on any atom is 0.279 e. The summed E-state index contributed by atoms with van der Waals surface area (Å²) in [5.74, 6) is 0. The van der Waals surface area contributed by atoms with E-state index in [-0.39, 0.29) is 24.5 Å². The second-order valence-electron chi connectivity index (χ2n) is 3.68. The largest absolute Gasteiger partial charge is 0.326 e. The number of nitrogens with two attached hydrogens (primary N) is 1. The van der Waals surface area contributed by atoms with E-state index in [1.54, 1.807) is 13.8 Å². The van der Waals surface area contributed by atoms with Gasteiger partial charge in [0.1, 0.15) is 0 Å². The van der Waals surface area contributed by atoms with Crippen LogP contribution in [0.3, 0.4) is 0 Å². The minimum atomic E-state index is -3.29. The Balaban J connectivity index is 0.00000169. The summed E-state index contributed by atoms with van der Waals surface area (Å²) >= 11 is 0. The van der Waals surface area contributed by atoms with Gasteiger partial charge in [0, 0.05) is 25.2 Å². The average Bonchev–Trinajstić information content (AvgIpc) is 2.32. The van der Waals surface area contributed by atoms with Crippen LogP contribution in [0.4, 0.5) is 0 Å². The molecule has 1 aliphatic heterocycles. The molecule has 0 aromatic heterocycles. The van der Waals surface area contributed by atoms with E-state index in [0.717, 1.165) is 6.42 Å². The van der Waals surface area contributed by atoms with Gasteiger partial charge in [-0.25, -0.2) is 0 Å². The molecule has 86 valence electrons. The molecule has 7 heteroatoms. The van der Waals surface area contributed by atoms with Gasteiger partial charge >= 0.3 is 0 Å². The molecule has 0 radical (unpaired) electrons. The predicted molar refractivity (Wildman–Crippen MR) is 58.6 cm³/mol. The van der Waals surface area contributed by atoms with Gasteiger partial charge in [0.2, 0.25) is 0 Å². The Hall–Kier alpha value is 0.120. The molecule has 0 aliphatic carbocycles. The van der Waals surface area contributed by atoms with Gasteiger partial charge in [-0.3, -0.25) is 0 Å². The van der Waals surface area contributed by atoms with Gasteiger partial charge in [-0.2, -0.15) is 17.4 Å². The molecule has 1 rings (SSSR count). The van der Waals surface area contributed by atoms with Crippen molar-refractivity contribution in [2.75, 3.05) is 13.1 Å². The molecule has 1 aliphatic rings. The van der Waals surface area contributed by atoms with Crippen LogP contribution in [0.5, 0.6) is 0 Å². The Bertz CT molecular complexity index is 268. The molecule has 0 saturated carbocycles. The highest BCUT2D eigenvalue weighted by Crippen LogP contribution is 2.10. The number of nitrogens with one attached hydrogen (secondary N) is 1. The van der Waals surface area contributed by atoms with Gasteiger partial charge in [0.25, 0.3) is 10.2 Å². The van der Waals surface area contributed by atoms with E-state index in [2.05, 4.69) is 4.72 Å². The van der Waals surface area contributed by atoms with E-state index in [0.29, 0.717) is 13.1 Å². The Labute approximate surface area is 91.6 Å². The zero-order valence-corrected chi connectivity index (χ0v) is 10.1. The Kier molecular flexibility index (Phi) is 5.32. The maximum absolute atomic E-state index is 11.5. The van der Waals surface area contributed by atoms with Crippen LogP contribution in [0.15, 0.2) is 0 Å². The van der Waals surface area contributed by atoms with Crippen molar-refractivity contribution >= 4 is 22.6 Å². The average molecular weight is 244 g/mol. The maximum atomic E-state index is 11.5. The van der Waals surface area contributed by atoms with Crippen molar-refractivity contribution in [1.29, 1.82) is 0 Å². The second kappa shape index (κ2) is 5.27. The van der Waals surface area contributed by atoms with Gasteiger partial charge in [-0.05, 0) is 20.3 Å². The molecule has 1 fully saturated rings. The Morgan fingerprint density at radius 1 is 1.50 bits per heavy atom. The molecule has 1 atom stereocenters. The lowest BCUT2D eigenvalue weighted by atomic mass is 10.3.